The summed E-state index contributed by atoms with van der Waals surface area (Å²) in [5, 5.41) is 8.60. The van der Waals surface area contributed by atoms with Crippen LogP contribution < -0.4 is 10.6 Å². The third-order valence-electron chi connectivity index (χ3n) is 6.32. The Kier molecular flexibility index (Phi) is 6.80. The van der Waals surface area contributed by atoms with Crippen LogP contribution in [0.3, 0.4) is 0 Å². The predicted molar refractivity (Wildman–Crippen MR) is 135 cm³/mol. The van der Waals surface area contributed by atoms with Crippen LogP contribution >= 0.6 is 22.7 Å². The summed E-state index contributed by atoms with van der Waals surface area (Å²) >= 11 is 3.36. The smallest absolute Gasteiger partial charge is 0.226 e. The molecule has 2 aliphatic heterocycles. The highest BCUT2D eigenvalue weighted by Gasteiger charge is 2.26. The highest BCUT2D eigenvalue weighted by atomic mass is 32.1. The average molecular weight is 476 g/mol. The van der Waals surface area contributed by atoms with E-state index in [9.17, 15) is 4.79 Å². The van der Waals surface area contributed by atoms with Crippen molar-refractivity contribution in [1.29, 1.82) is 0 Å². The minimum Gasteiger partial charge on any atom is -0.383 e. The first kappa shape index (κ1) is 21.9. The molecule has 0 aromatic carbocycles. The second-order valence-corrected chi connectivity index (χ2v) is 10.6. The fourth-order valence-electron chi connectivity index (χ4n) is 4.71. The number of hydrogen-bond donors (Lipinski definition) is 2. The first-order valence-electron chi connectivity index (χ1n) is 11.3. The number of piperidine rings is 1. The normalized spacial score (nSPS) is 19.2. The number of nitrogens with zero attached hydrogens (tertiary/aromatic N) is 3. The van der Waals surface area contributed by atoms with E-state index in [0.29, 0.717) is 12.5 Å². The Morgan fingerprint density at radius 1 is 1.41 bits per heavy atom. The molecule has 2 aliphatic rings. The molecule has 1 unspecified atom stereocenters. The number of hydrogen-bond acceptors (Lipinski definition) is 8. The topological polar surface area (TPSA) is 79.4 Å². The van der Waals surface area contributed by atoms with E-state index in [-0.39, 0.29) is 8.76 Å². The molecule has 174 valence electrons. The maximum Gasteiger partial charge on any atom is 0.226 e. The third kappa shape index (κ3) is 4.58. The molecular weight excluding hydrogens is 442 g/mol. The maximum atomic E-state index is 13.0. The van der Waals surface area contributed by atoms with Gasteiger partial charge >= 0.3 is 0 Å². The number of thiazole rings is 1. The summed E-state index contributed by atoms with van der Waals surface area (Å²) in [6.45, 7) is 4.36. The largest absolute Gasteiger partial charge is 0.383 e. The lowest BCUT2D eigenvalue weighted by atomic mass is 10.0. The number of thiophene rings is 1. The van der Waals surface area contributed by atoms with Gasteiger partial charge in [0, 0.05) is 52.2 Å². The number of anilines is 1. The first-order chi connectivity index (χ1) is 15.7. The van der Waals surface area contributed by atoms with Crippen LogP contribution in [0.2, 0.25) is 0 Å². The number of aromatic nitrogens is 2. The van der Waals surface area contributed by atoms with Gasteiger partial charge in [0.1, 0.15) is 15.5 Å². The number of pyridine rings is 1. The van der Waals surface area contributed by atoms with Crippen molar-refractivity contribution in [3.8, 4) is 10.6 Å². The quantitative estimate of drug-likeness (QED) is 0.528. The van der Waals surface area contributed by atoms with Gasteiger partial charge in [-0.05, 0) is 44.0 Å². The number of fused-ring (bicyclic) bond motifs is 2. The molecule has 5 rings (SSSR count). The molecule has 0 radical (unpaired) electrons. The van der Waals surface area contributed by atoms with Gasteiger partial charge in [-0.15, -0.1) is 22.7 Å². The molecule has 0 spiro atoms. The van der Waals surface area contributed by atoms with Crippen LogP contribution in [0.1, 0.15) is 39.0 Å². The van der Waals surface area contributed by atoms with Crippen LogP contribution in [-0.4, -0.2) is 60.2 Å². The molecule has 1 fully saturated rings. The predicted octanol–water partition coefficient (Wildman–Crippen LogP) is 4.39. The summed E-state index contributed by atoms with van der Waals surface area (Å²) in [7, 11) is 1.76. The number of methoxy groups -OCH3 is 1. The van der Waals surface area contributed by atoms with Crippen molar-refractivity contribution < 1.29 is 12.4 Å². The Hall–Kier alpha value is -1.91. The Balaban J connectivity index is 0.00000162. The second kappa shape index (κ2) is 9.93. The number of nitrogens with one attached hydrogen (secondary N) is 2. The molecule has 5 heterocycles. The van der Waals surface area contributed by atoms with Crippen LogP contribution in [0, 0.1) is 0 Å². The zero-order valence-electron chi connectivity index (χ0n) is 18.4. The zero-order valence-corrected chi connectivity index (χ0v) is 20.0. The van der Waals surface area contributed by atoms with Crippen molar-refractivity contribution in [2.75, 3.05) is 38.7 Å². The lowest BCUT2D eigenvalue weighted by Gasteiger charge is -2.35. The van der Waals surface area contributed by atoms with Crippen LogP contribution in [0.5, 0.6) is 0 Å². The number of carbonyl (C=O) groups is 1. The van der Waals surface area contributed by atoms with E-state index in [2.05, 4.69) is 20.5 Å². The molecule has 2 N–H and O–H groups in total. The van der Waals surface area contributed by atoms with Gasteiger partial charge in [-0.25, -0.2) is 4.98 Å². The SMILES string of the molecule is COCC1CCCCN1CCC(=O)Nc1sc2c(c1-c1nc3cnccc3s1)CCNC2.[HH].[HH]. The number of likely N-dealkylation sites (tertiary alicyclic amines) is 1. The van der Waals surface area contributed by atoms with Gasteiger partial charge in [-0.1, -0.05) is 6.42 Å². The maximum absolute atomic E-state index is 13.0. The first-order valence-corrected chi connectivity index (χ1v) is 12.9. The summed E-state index contributed by atoms with van der Waals surface area (Å²) in [5.41, 5.74) is 3.34. The van der Waals surface area contributed by atoms with Crippen molar-refractivity contribution in [2.24, 2.45) is 0 Å². The number of rotatable bonds is 7. The number of carbonyl (C=O) groups excluding carboxylic acids is 1. The molecule has 0 aliphatic carbocycles. The zero-order chi connectivity index (χ0) is 21.9. The van der Waals surface area contributed by atoms with E-state index in [1.165, 1.54) is 23.3 Å². The molecule has 3 aromatic heterocycles. The van der Waals surface area contributed by atoms with Gasteiger partial charge in [0.05, 0.1) is 17.5 Å². The van der Waals surface area contributed by atoms with Crippen molar-refractivity contribution in [1.82, 2.24) is 20.2 Å². The molecule has 1 saturated heterocycles. The van der Waals surface area contributed by atoms with E-state index in [1.807, 2.05) is 12.3 Å². The Bertz CT molecular complexity index is 1070. The van der Waals surface area contributed by atoms with Gasteiger partial charge in [-0.3, -0.25) is 14.7 Å². The van der Waals surface area contributed by atoms with Crippen molar-refractivity contribution in [3.05, 3.63) is 28.9 Å². The second-order valence-electron chi connectivity index (χ2n) is 8.44. The molecule has 9 heteroatoms. The summed E-state index contributed by atoms with van der Waals surface area (Å²) in [6, 6.07) is 2.43. The number of ether oxygens (including phenoxy) is 1. The lowest BCUT2D eigenvalue weighted by molar-refractivity contribution is -0.116. The Morgan fingerprint density at radius 2 is 2.34 bits per heavy atom. The van der Waals surface area contributed by atoms with E-state index in [1.54, 1.807) is 36.0 Å². The molecular formula is C23H33N5O2S2. The minimum absolute atomic E-state index is 0. The number of amides is 1. The summed E-state index contributed by atoms with van der Waals surface area (Å²) in [4.78, 5) is 25.8. The lowest BCUT2D eigenvalue weighted by Crippen LogP contribution is -2.43. The van der Waals surface area contributed by atoms with E-state index in [0.717, 1.165) is 71.4 Å². The molecule has 1 amide bonds. The summed E-state index contributed by atoms with van der Waals surface area (Å²) in [5.74, 6) is 0.0716. The van der Waals surface area contributed by atoms with Crippen molar-refractivity contribution in [3.63, 3.8) is 0 Å². The Labute approximate surface area is 199 Å². The van der Waals surface area contributed by atoms with E-state index < -0.39 is 0 Å². The fraction of sp³-hybridized carbons (Fsp3) is 0.522. The molecule has 3 aromatic rings. The molecule has 0 saturated carbocycles. The summed E-state index contributed by atoms with van der Waals surface area (Å²) < 4.78 is 6.51. The average Bonchev–Trinajstić information content (AvgIpc) is 3.39. The van der Waals surface area contributed by atoms with Crippen LogP contribution in [0.15, 0.2) is 18.5 Å². The van der Waals surface area contributed by atoms with E-state index >= 15 is 0 Å². The van der Waals surface area contributed by atoms with Gasteiger partial charge < -0.3 is 15.4 Å². The van der Waals surface area contributed by atoms with Gasteiger partial charge in [0.2, 0.25) is 5.91 Å². The Morgan fingerprint density at radius 3 is 3.22 bits per heavy atom. The third-order valence-corrected chi connectivity index (χ3v) is 8.52. The highest BCUT2D eigenvalue weighted by Crippen LogP contribution is 2.44. The fourth-order valence-corrected chi connectivity index (χ4v) is 7.02. The van der Waals surface area contributed by atoms with Gasteiger partial charge in [-0.2, -0.15) is 0 Å². The standard InChI is InChI=1S/C23H29N5O2S2.2H2/c1-30-14-15-4-2-3-10-28(15)11-7-20(29)27-23-21(16-5-8-25-13-19(16)32-23)22-26-17-12-24-9-6-18(17)31-22;;/h6,9,12,15,25H,2-5,7-8,10-11,13-14H2,1H3,(H,27,29);2*1H. The van der Waals surface area contributed by atoms with Crippen molar-refractivity contribution in [2.45, 2.75) is 44.7 Å². The van der Waals surface area contributed by atoms with Crippen LogP contribution in [0.4, 0.5) is 5.00 Å². The van der Waals surface area contributed by atoms with Gasteiger partial charge in [0.25, 0.3) is 0 Å². The highest BCUT2D eigenvalue weighted by molar-refractivity contribution is 7.22. The van der Waals surface area contributed by atoms with Gasteiger partial charge in [0.15, 0.2) is 0 Å². The minimum atomic E-state index is 0. The van der Waals surface area contributed by atoms with Crippen molar-refractivity contribution >= 4 is 43.8 Å². The summed E-state index contributed by atoms with van der Waals surface area (Å²) in [6.07, 6.45) is 8.65. The molecule has 32 heavy (non-hydrogen) atoms. The van der Waals surface area contributed by atoms with E-state index in [4.69, 9.17) is 9.72 Å². The molecule has 1 atom stereocenters. The molecule has 7 nitrogen and oxygen atoms in total. The van der Waals surface area contributed by atoms with Crippen LogP contribution in [-0.2, 0) is 22.5 Å². The monoisotopic (exact) mass is 475 g/mol. The molecule has 0 bridgehead atoms. The van der Waals surface area contributed by atoms with Crippen LogP contribution in [0.25, 0.3) is 20.8 Å².